The first-order chi connectivity index (χ1) is 16.6. The molecule has 3 aromatic carbocycles. The van der Waals surface area contributed by atoms with E-state index in [0.29, 0.717) is 32.8 Å². The van der Waals surface area contributed by atoms with Gasteiger partial charge in [0.15, 0.2) is 5.17 Å². The number of benzene rings is 3. The summed E-state index contributed by atoms with van der Waals surface area (Å²) in [6.07, 6.45) is 1.64. The number of hydrogen-bond donors (Lipinski definition) is 0. The van der Waals surface area contributed by atoms with Crippen LogP contribution < -0.4 is 10.0 Å². The Morgan fingerprint density at radius 3 is 2.29 bits per heavy atom. The summed E-state index contributed by atoms with van der Waals surface area (Å²) in [7, 11) is 0. The van der Waals surface area contributed by atoms with E-state index in [0.717, 1.165) is 5.69 Å². The Hall–Kier alpha value is -4.36. The Balaban J connectivity index is 1.51. The number of rotatable bonds is 5. The molecular weight excluding hydrogens is 448 g/mol. The van der Waals surface area contributed by atoms with Crippen LogP contribution in [0.15, 0.2) is 111 Å². The first-order valence-electron chi connectivity index (χ1n) is 10.4. The maximum atomic E-state index is 13.4. The quantitative estimate of drug-likeness (QED) is 0.382. The fourth-order valence-corrected chi connectivity index (χ4v) is 4.53. The second-order valence-electron chi connectivity index (χ2n) is 7.35. The first kappa shape index (κ1) is 21.5. The van der Waals surface area contributed by atoms with Crippen LogP contribution in [-0.4, -0.2) is 17.0 Å². The van der Waals surface area contributed by atoms with Gasteiger partial charge >= 0.3 is 0 Å². The third-order valence-corrected chi connectivity index (χ3v) is 6.08. The van der Waals surface area contributed by atoms with Gasteiger partial charge in [0.1, 0.15) is 11.5 Å². The molecule has 0 spiro atoms. The molecule has 6 nitrogen and oxygen atoms in total. The number of carbonyl (C=O) groups is 2. The van der Waals surface area contributed by atoms with E-state index in [1.165, 1.54) is 17.8 Å². The molecule has 4 aromatic rings. The number of anilines is 1. The SMILES string of the molecule is O=C([O-])c1ccccc1-c1ccc(/C=C2\SC(=Nc3ccccc3)N(c3ccccc3)C2=O)o1. The average molecular weight is 466 g/mol. The van der Waals surface area contributed by atoms with Crippen molar-refractivity contribution < 1.29 is 19.1 Å². The monoisotopic (exact) mass is 465 g/mol. The van der Waals surface area contributed by atoms with Crippen molar-refractivity contribution in [1.29, 1.82) is 0 Å². The van der Waals surface area contributed by atoms with Crippen molar-refractivity contribution in [3.8, 4) is 11.3 Å². The Morgan fingerprint density at radius 1 is 0.882 bits per heavy atom. The molecule has 34 heavy (non-hydrogen) atoms. The van der Waals surface area contributed by atoms with E-state index in [-0.39, 0.29) is 11.5 Å². The standard InChI is InChI=1S/C27H18N2O4S/c30-25-24(17-20-15-16-23(33-20)21-13-7-8-14-22(21)26(31)32)34-27(28-18-9-3-1-4-10-18)29(25)19-11-5-2-6-12-19/h1-17H,(H,31,32)/p-1/b24-17-,28-27?. The average Bonchev–Trinajstić information content (AvgIpc) is 3.45. The summed E-state index contributed by atoms with van der Waals surface area (Å²) in [6.45, 7) is 0. The van der Waals surface area contributed by atoms with Crippen LogP contribution in [0.4, 0.5) is 11.4 Å². The van der Waals surface area contributed by atoms with Gasteiger partial charge in [-0.3, -0.25) is 9.69 Å². The minimum absolute atomic E-state index is 0.0369. The van der Waals surface area contributed by atoms with E-state index in [9.17, 15) is 14.7 Å². The van der Waals surface area contributed by atoms with E-state index < -0.39 is 5.97 Å². The van der Waals surface area contributed by atoms with Gasteiger partial charge in [0.2, 0.25) is 0 Å². The van der Waals surface area contributed by atoms with Crippen molar-refractivity contribution in [2.75, 3.05) is 4.90 Å². The number of nitrogens with zero attached hydrogens (tertiary/aromatic N) is 2. The lowest BCUT2D eigenvalue weighted by Crippen LogP contribution is -2.28. The van der Waals surface area contributed by atoms with Gasteiger partial charge in [0, 0.05) is 17.2 Å². The van der Waals surface area contributed by atoms with Gasteiger partial charge < -0.3 is 14.3 Å². The van der Waals surface area contributed by atoms with E-state index in [2.05, 4.69) is 4.99 Å². The minimum Gasteiger partial charge on any atom is -0.545 e. The summed E-state index contributed by atoms with van der Waals surface area (Å²) >= 11 is 1.25. The van der Waals surface area contributed by atoms with Crippen LogP contribution >= 0.6 is 11.8 Å². The maximum Gasteiger partial charge on any atom is 0.271 e. The molecule has 0 radical (unpaired) electrons. The van der Waals surface area contributed by atoms with Gasteiger partial charge in [-0.2, -0.15) is 0 Å². The molecule has 7 heteroatoms. The fraction of sp³-hybridized carbons (Fsp3) is 0. The summed E-state index contributed by atoms with van der Waals surface area (Å²) in [4.78, 5) is 31.5. The van der Waals surface area contributed by atoms with Crippen LogP contribution in [0.3, 0.4) is 0 Å². The Kier molecular flexibility index (Phi) is 5.84. The topological polar surface area (TPSA) is 85.9 Å². The van der Waals surface area contributed by atoms with Gasteiger partial charge in [0.05, 0.1) is 22.2 Å². The van der Waals surface area contributed by atoms with Crippen molar-refractivity contribution in [1.82, 2.24) is 0 Å². The van der Waals surface area contributed by atoms with Gasteiger partial charge in [-0.15, -0.1) is 0 Å². The summed E-state index contributed by atoms with van der Waals surface area (Å²) in [6, 6.07) is 28.6. The van der Waals surface area contributed by atoms with Gasteiger partial charge in [0.25, 0.3) is 5.91 Å². The van der Waals surface area contributed by atoms with Crippen molar-refractivity contribution in [3.63, 3.8) is 0 Å². The molecule has 0 N–H and O–H groups in total. The van der Waals surface area contributed by atoms with E-state index >= 15 is 0 Å². The van der Waals surface area contributed by atoms with Crippen molar-refractivity contribution in [2.45, 2.75) is 0 Å². The largest absolute Gasteiger partial charge is 0.545 e. The highest BCUT2D eigenvalue weighted by molar-refractivity contribution is 8.19. The molecule has 1 amide bonds. The number of thioether (sulfide) groups is 1. The van der Waals surface area contributed by atoms with Crippen LogP contribution in [-0.2, 0) is 4.79 Å². The van der Waals surface area contributed by atoms with E-state index in [1.807, 2.05) is 60.7 Å². The zero-order chi connectivity index (χ0) is 23.5. The summed E-state index contributed by atoms with van der Waals surface area (Å²) in [5.41, 5.74) is 1.89. The summed E-state index contributed by atoms with van der Waals surface area (Å²) < 4.78 is 5.87. The predicted octanol–water partition coefficient (Wildman–Crippen LogP) is 5.12. The third-order valence-electron chi connectivity index (χ3n) is 5.11. The number of furan rings is 1. The molecular formula is C27H17N2O4S-. The number of carboxylic acids is 1. The maximum absolute atomic E-state index is 13.4. The highest BCUT2D eigenvalue weighted by Gasteiger charge is 2.35. The lowest BCUT2D eigenvalue weighted by molar-refractivity contribution is -0.254. The molecule has 2 heterocycles. The van der Waals surface area contributed by atoms with Crippen LogP contribution in [0.1, 0.15) is 16.1 Å². The minimum atomic E-state index is -1.28. The lowest BCUT2D eigenvalue weighted by Gasteiger charge is -2.15. The van der Waals surface area contributed by atoms with Crippen LogP contribution in [0, 0.1) is 0 Å². The first-order valence-corrected chi connectivity index (χ1v) is 11.3. The lowest BCUT2D eigenvalue weighted by atomic mass is 10.1. The number of hydrogen-bond acceptors (Lipinski definition) is 6. The second-order valence-corrected chi connectivity index (χ2v) is 8.36. The zero-order valence-corrected chi connectivity index (χ0v) is 18.6. The number of para-hydroxylation sites is 2. The van der Waals surface area contributed by atoms with Gasteiger partial charge in [-0.25, -0.2) is 4.99 Å². The van der Waals surface area contributed by atoms with Crippen molar-refractivity contribution in [2.24, 2.45) is 4.99 Å². The third kappa shape index (κ3) is 4.29. The number of carbonyl (C=O) groups excluding carboxylic acids is 2. The van der Waals surface area contributed by atoms with Crippen LogP contribution in [0.25, 0.3) is 17.4 Å². The predicted molar refractivity (Wildman–Crippen MR) is 132 cm³/mol. The Labute approximate surface area is 199 Å². The fourth-order valence-electron chi connectivity index (χ4n) is 3.55. The molecule has 166 valence electrons. The van der Waals surface area contributed by atoms with Crippen LogP contribution in [0.5, 0.6) is 0 Å². The molecule has 0 unspecified atom stereocenters. The number of carboxylic acid groups (broad SMARTS) is 1. The van der Waals surface area contributed by atoms with Crippen molar-refractivity contribution in [3.05, 3.63) is 113 Å². The molecule has 0 aliphatic carbocycles. The Bertz CT molecular complexity index is 1430. The summed E-state index contributed by atoms with van der Waals surface area (Å²) in [5.74, 6) is -0.708. The molecule has 5 rings (SSSR count). The van der Waals surface area contributed by atoms with Gasteiger partial charge in [-0.05, 0) is 48.2 Å². The van der Waals surface area contributed by atoms with E-state index in [1.54, 1.807) is 41.3 Å². The molecule has 0 saturated carbocycles. The molecule has 1 fully saturated rings. The Morgan fingerprint density at radius 2 is 1.56 bits per heavy atom. The number of aromatic carboxylic acids is 1. The normalized spacial score (nSPS) is 15.9. The molecule has 1 aliphatic rings. The zero-order valence-electron chi connectivity index (χ0n) is 17.8. The second kappa shape index (κ2) is 9.25. The highest BCUT2D eigenvalue weighted by Crippen LogP contribution is 2.38. The molecule has 0 bridgehead atoms. The smallest absolute Gasteiger partial charge is 0.271 e. The molecule has 1 saturated heterocycles. The molecule has 0 atom stereocenters. The summed E-state index contributed by atoms with van der Waals surface area (Å²) in [5, 5.41) is 12.0. The molecule has 1 aliphatic heterocycles. The van der Waals surface area contributed by atoms with Crippen molar-refractivity contribution >= 4 is 46.3 Å². The van der Waals surface area contributed by atoms with Crippen LogP contribution in [0.2, 0.25) is 0 Å². The van der Waals surface area contributed by atoms with E-state index in [4.69, 9.17) is 4.42 Å². The molecule has 1 aromatic heterocycles. The number of aliphatic imine (C=N–C) groups is 1. The number of amides is 1. The highest BCUT2D eigenvalue weighted by atomic mass is 32.2. The van der Waals surface area contributed by atoms with Gasteiger partial charge in [-0.1, -0.05) is 60.7 Å². The number of amidine groups is 1.